The zero-order valence-electron chi connectivity index (χ0n) is 38.5. The summed E-state index contributed by atoms with van der Waals surface area (Å²) in [6.45, 7) is 10.4. The number of nitrogens with zero attached hydrogens (tertiary/aromatic N) is 2. The molecule has 0 fully saturated rings. The van der Waals surface area contributed by atoms with Gasteiger partial charge in [0.25, 0.3) is 11.1 Å². The van der Waals surface area contributed by atoms with Gasteiger partial charge in [0.2, 0.25) is 6.41 Å². The van der Waals surface area contributed by atoms with E-state index in [1.165, 1.54) is 59.7 Å². The van der Waals surface area contributed by atoms with E-state index in [2.05, 4.69) is 22.2 Å². The lowest BCUT2D eigenvalue weighted by Crippen LogP contribution is -2.38. The Bertz CT molecular complexity index is 2260. The molecule has 4 aromatic carbocycles. The Labute approximate surface area is 394 Å². The average Bonchev–Trinajstić information content (AvgIpc) is 3.72. The van der Waals surface area contributed by atoms with E-state index in [0.717, 1.165) is 16.0 Å². The van der Waals surface area contributed by atoms with Crippen LogP contribution in [0.2, 0.25) is 0 Å². The van der Waals surface area contributed by atoms with Crippen molar-refractivity contribution in [2.75, 3.05) is 79.3 Å². The number of hydrogen-bond acceptors (Lipinski definition) is 14. The van der Waals surface area contributed by atoms with Crippen LogP contribution in [0.5, 0.6) is 28.2 Å². The fraction of sp³-hybridized carbons (Fsp3) is 0.367. The summed E-state index contributed by atoms with van der Waals surface area (Å²) in [6, 6.07) is 20.0. The predicted molar refractivity (Wildman–Crippen MR) is 254 cm³/mol. The number of aldehydes is 2. The van der Waals surface area contributed by atoms with Gasteiger partial charge in [0.15, 0.2) is 6.29 Å². The molecule has 1 unspecified atom stereocenters. The maximum atomic E-state index is 13.7. The number of likely N-dealkylation sites (N-methyl/N-ethyl adjacent to an activating group) is 1. The van der Waals surface area contributed by atoms with Crippen LogP contribution >= 0.6 is 11.3 Å². The first-order chi connectivity index (χ1) is 32.5. The van der Waals surface area contributed by atoms with E-state index in [1.807, 2.05) is 52.2 Å². The third kappa shape index (κ3) is 20.4. The quantitative estimate of drug-likeness (QED) is 0.0278. The summed E-state index contributed by atoms with van der Waals surface area (Å²) in [5.41, 5.74) is 1.18. The van der Waals surface area contributed by atoms with Gasteiger partial charge < -0.3 is 53.5 Å². The number of allylic oxidation sites excluding steroid dienone is 1. The van der Waals surface area contributed by atoms with Crippen LogP contribution in [0.25, 0.3) is 10.2 Å². The van der Waals surface area contributed by atoms with Crippen molar-refractivity contribution in [2.24, 2.45) is 0 Å². The van der Waals surface area contributed by atoms with Gasteiger partial charge in [-0.05, 0) is 114 Å². The van der Waals surface area contributed by atoms with E-state index < -0.39 is 17.8 Å². The fourth-order valence-corrected chi connectivity index (χ4v) is 6.51. The molecule has 362 valence electrons. The van der Waals surface area contributed by atoms with Gasteiger partial charge >= 0.3 is 0 Å². The zero-order valence-corrected chi connectivity index (χ0v) is 39.3. The van der Waals surface area contributed by atoms with E-state index in [-0.39, 0.29) is 41.9 Å². The maximum Gasteiger partial charge on any atom is 0.279 e. The van der Waals surface area contributed by atoms with Crippen molar-refractivity contribution in [2.45, 2.75) is 45.3 Å². The van der Waals surface area contributed by atoms with Crippen LogP contribution in [-0.4, -0.2) is 121 Å². The summed E-state index contributed by atoms with van der Waals surface area (Å²) in [5.74, 6) is 0.937. The molecule has 0 aliphatic carbocycles. The van der Waals surface area contributed by atoms with Gasteiger partial charge in [-0.1, -0.05) is 17.4 Å². The Kier molecular flexibility index (Phi) is 25.9. The molecule has 2 amide bonds. The second kappa shape index (κ2) is 31.6. The molecule has 67 heavy (non-hydrogen) atoms. The largest absolute Gasteiger partial charge is 0.493 e. The number of fused-ring (bicyclic) bond motifs is 1. The first kappa shape index (κ1) is 55.0. The Morgan fingerprint density at radius 1 is 0.791 bits per heavy atom. The molecule has 0 aliphatic heterocycles. The van der Waals surface area contributed by atoms with Crippen molar-refractivity contribution in [1.82, 2.24) is 15.2 Å². The SMILES string of the molecule is C=CCCC(C=O)N(C)C(=O)c1cc(OCCOCCOCCOCCCOc2ccc(NC=O)c(F)c2)ccc1C=O.CC(C)Oc1ccc(Oc2nc3ccc(F)cc3s2)cc1.CNC. The van der Waals surface area contributed by atoms with Gasteiger partial charge in [0, 0.05) is 31.7 Å². The molecule has 5 rings (SSSR count). The van der Waals surface area contributed by atoms with E-state index in [9.17, 15) is 28.0 Å². The highest BCUT2D eigenvalue weighted by Gasteiger charge is 2.23. The highest BCUT2D eigenvalue weighted by molar-refractivity contribution is 7.20. The molecule has 0 spiro atoms. The van der Waals surface area contributed by atoms with Crippen molar-refractivity contribution in [3.63, 3.8) is 0 Å². The molecular formula is C49H60F2N4O11S. The molecule has 15 nitrogen and oxygen atoms in total. The van der Waals surface area contributed by atoms with Gasteiger partial charge in [-0.3, -0.25) is 14.4 Å². The highest BCUT2D eigenvalue weighted by Crippen LogP contribution is 2.32. The topological polar surface area (TPSA) is 173 Å². The maximum absolute atomic E-state index is 13.7. The first-order valence-corrected chi connectivity index (χ1v) is 22.3. The number of hydrogen-bond donors (Lipinski definition) is 2. The number of ether oxygens (including phenoxy) is 7. The van der Waals surface area contributed by atoms with Gasteiger partial charge in [-0.15, -0.1) is 6.58 Å². The number of rotatable bonds is 28. The summed E-state index contributed by atoms with van der Waals surface area (Å²) < 4.78 is 66.5. The minimum absolute atomic E-state index is 0.0880. The highest BCUT2D eigenvalue weighted by atomic mass is 32.1. The van der Waals surface area contributed by atoms with Gasteiger partial charge in [0.1, 0.15) is 47.5 Å². The van der Waals surface area contributed by atoms with Crippen molar-refractivity contribution in [1.29, 1.82) is 0 Å². The summed E-state index contributed by atoms with van der Waals surface area (Å²) in [5, 5.41) is 5.50. The van der Waals surface area contributed by atoms with Gasteiger partial charge in [-0.25, -0.2) is 13.8 Å². The summed E-state index contributed by atoms with van der Waals surface area (Å²) >= 11 is 1.32. The number of benzene rings is 4. The van der Waals surface area contributed by atoms with Gasteiger partial charge in [-0.2, -0.15) is 0 Å². The zero-order chi connectivity index (χ0) is 48.8. The minimum Gasteiger partial charge on any atom is -0.493 e. The first-order valence-electron chi connectivity index (χ1n) is 21.5. The Morgan fingerprint density at radius 3 is 2.03 bits per heavy atom. The van der Waals surface area contributed by atoms with E-state index in [4.69, 9.17) is 33.2 Å². The molecule has 2 N–H and O–H groups in total. The summed E-state index contributed by atoms with van der Waals surface area (Å²) in [7, 11) is 5.27. The molecule has 1 aromatic heterocycles. The molecule has 0 radical (unpaired) electrons. The molecule has 0 saturated heterocycles. The standard InChI is InChI=1S/C31H39FN2O9.C16H14FNO2S.C2H7N/c1-3-4-6-25(22-36)34(2)31(38)28-19-26(8-7-24(28)21-35)43-18-17-41-16-15-40-14-13-39-11-5-12-42-27-9-10-30(33-23-37)29(32)20-27;1-10(2)19-12-4-6-13(7-5-12)20-16-18-14-8-3-11(17)9-15(14)21-16;1-3-2/h3,7-10,19-23,25H,1,4-6,11-18H2,2H3,(H,33,37);3-10H,1-2H3;3H,1-2H3. The Balaban J connectivity index is 0.000000408. The summed E-state index contributed by atoms with van der Waals surface area (Å²) in [6.07, 6.45) is 5.14. The van der Waals surface area contributed by atoms with Crippen LogP contribution in [0.15, 0.2) is 91.5 Å². The van der Waals surface area contributed by atoms with E-state index in [0.29, 0.717) is 100 Å². The predicted octanol–water partition coefficient (Wildman–Crippen LogP) is 8.56. The van der Waals surface area contributed by atoms with Gasteiger partial charge in [0.05, 0.1) is 73.3 Å². The van der Waals surface area contributed by atoms with E-state index >= 15 is 0 Å². The smallest absolute Gasteiger partial charge is 0.279 e. The lowest BCUT2D eigenvalue weighted by Gasteiger charge is -2.24. The number of aromatic nitrogens is 1. The molecule has 0 aliphatic rings. The number of halogens is 2. The molecular weight excluding hydrogens is 891 g/mol. The number of anilines is 1. The average molecular weight is 951 g/mol. The summed E-state index contributed by atoms with van der Waals surface area (Å²) in [4.78, 5) is 51.9. The van der Waals surface area contributed by atoms with Crippen LogP contribution in [0, 0.1) is 11.6 Å². The van der Waals surface area contributed by atoms with Crippen LogP contribution in [0.4, 0.5) is 14.5 Å². The monoisotopic (exact) mass is 950 g/mol. The van der Waals surface area contributed by atoms with Crippen molar-refractivity contribution < 1.29 is 61.1 Å². The lowest BCUT2D eigenvalue weighted by molar-refractivity contribution is -0.111. The third-order valence-corrected chi connectivity index (χ3v) is 9.75. The number of amides is 2. The number of nitrogens with one attached hydrogen (secondary N) is 2. The Hall–Kier alpha value is -6.31. The molecule has 0 bridgehead atoms. The molecule has 0 saturated carbocycles. The van der Waals surface area contributed by atoms with Crippen molar-refractivity contribution in [3.05, 3.63) is 114 Å². The number of carbonyl (C=O) groups is 4. The van der Waals surface area contributed by atoms with Crippen LogP contribution < -0.4 is 29.6 Å². The van der Waals surface area contributed by atoms with Crippen LogP contribution in [-0.2, 0) is 23.8 Å². The van der Waals surface area contributed by atoms with E-state index in [1.54, 1.807) is 24.3 Å². The minimum atomic E-state index is -0.631. The number of carbonyl (C=O) groups excluding carboxylic acids is 4. The second-order valence-electron chi connectivity index (χ2n) is 14.5. The molecule has 18 heteroatoms. The van der Waals surface area contributed by atoms with Crippen LogP contribution in [0.3, 0.4) is 0 Å². The van der Waals surface area contributed by atoms with Crippen LogP contribution in [0.1, 0.15) is 53.8 Å². The van der Waals surface area contributed by atoms with Crippen molar-refractivity contribution >= 4 is 52.1 Å². The second-order valence-corrected chi connectivity index (χ2v) is 15.5. The molecule has 5 aromatic rings. The normalized spacial score (nSPS) is 11.0. The van der Waals surface area contributed by atoms with Crippen molar-refractivity contribution in [3.8, 4) is 28.2 Å². The molecule has 1 atom stereocenters. The molecule has 1 heterocycles. The fourth-order valence-electron chi connectivity index (χ4n) is 5.65. The lowest BCUT2D eigenvalue weighted by atomic mass is 10.0. The number of thiazole rings is 1. The Morgan fingerprint density at radius 2 is 1.40 bits per heavy atom. The third-order valence-electron chi connectivity index (χ3n) is 8.85.